The lowest BCUT2D eigenvalue weighted by Crippen LogP contribution is -1.98. The van der Waals surface area contributed by atoms with Gasteiger partial charge in [0.25, 0.3) is 0 Å². The number of benzene rings is 2. The second kappa shape index (κ2) is 5.84. The van der Waals surface area contributed by atoms with Crippen molar-refractivity contribution in [3.63, 3.8) is 0 Å². The molecule has 100 valence electrons. The Bertz CT molecular complexity index is 677. The van der Waals surface area contributed by atoms with Crippen LogP contribution < -0.4 is 5.32 Å². The highest BCUT2D eigenvalue weighted by Gasteiger charge is 2.04. The lowest BCUT2D eigenvalue weighted by molar-refractivity contribution is 0.628. The second-order valence-corrected chi connectivity index (χ2v) is 5.30. The van der Waals surface area contributed by atoms with E-state index in [2.05, 4.69) is 15.7 Å². The number of anilines is 1. The minimum absolute atomic E-state index is 0.226. The molecular formula is C16H13FN2S. The van der Waals surface area contributed by atoms with E-state index in [1.54, 1.807) is 23.5 Å². The zero-order valence-corrected chi connectivity index (χ0v) is 11.5. The van der Waals surface area contributed by atoms with Crippen molar-refractivity contribution < 1.29 is 4.39 Å². The number of aromatic nitrogens is 1. The number of nitrogens with zero attached hydrogens (tertiary/aromatic N) is 1. The molecule has 0 aliphatic carbocycles. The van der Waals surface area contributed by atoms with Gasteiger partial charge in [0, 0.05) is 16.6 Å². The minimum Gasteiger partial charge on any atom is -0.379 e. The SMILES string of the molecule is Fc1ccc(NCc2nc(-c3ccccc3)cs2)cc1. The number of rotatable bonds is 4. The van der Waals surface area contributed by atoms with E-state index in [1.165, 1.54) is 12.1 Å². The number of nitrogens with one attached hydrogen (secondary N) is 1. The van der Waals surface area contributed by atoms with Crippen LogP contribution in [0.15, 0.2) is 60.0 Å². The summed E-state index contributed by atoms with van der Waals surface area (Å²) in [5.41, 5.74) is 3.01. The Balaban J connectivity index is 1.67. The van der Waals surface area contributed by atoms with E-state index in [4.69, 9.17) is 0 Å². The van der Waals surface area contributed by atoms with Crippen LogP contribution in [-0.4, -0.2) is 4.98 Å². The zero-order chi connectivity index (χ0) is 13.8. The average Bonchev–Trinajstić information content (AvgIpc) is 2.97. The molecule has 2 aromatic carbocycles. The lowest BCUT2D eigenvalue weighted by atomic mass is 10.2. The van der Waals surface area contributed by atoms with Crippen molar-refractivity contribution >= 4 is 17.0 Å². The predicted octanol–water partition coefficient (Wildman–Crippen LogP) is 4.56. The zero-order valence-electron chi connectivity index (χ0n) is 10.7. The summed E-state index contributed by atoms with van der Waals surface area (Å²) < 4.78 is 12.8. The van der Waals surface area contributed by atoms with Crippen LogP contribution in [0.25, 0.3) is 11.3 Å². The molecule has 3 aromatic rings. The molecule has 1 aromatic heterocycles. The first kappa shape index (κ1) is 12.8. The van der Waals surface area contributed by atoms with Gasteiger partial charge in [-0.1, -0.05) is 30.3 Å². The van der Waals surface area contributed by atoms with E-state index in [0.717, 1.165) is 22.0 Å². The van der Waals surface area contributed by atoms with Crippen molar-refractivity contribution in [2.45, 2.75) is 6.54 Å². The Hall–Kier alpha value is -2.20. The van der Waals surface area contributed by atoms with Gasteiger partial charge >= 0.3 is 0 Å². The largest absolute Gasteiger partial charge is 0.379 e. The molecule has 20 heavy (non-hydrogen) atoms. The van der Waals surface area contributed by atoms with Crippen molar-refractivity contribution in [2.24, 2.45) is 0 Å². The monoisotopic (exact) mass is 284 g/mol. The van der Waals surface area contributed by atoms with Crippen molar-refractivity contribution in [1.29, 1.82) is 0 Å². The van der Waals surface area contributed by atoms with Crippen LogP contribution >= 0.6 is 11.3 Å². The standard InChI is InChI=1S/C16H13FN2S/c17-13-6-8-14(9-7-13)18-10-16-19-15(11-20-16)12-4-2-1-3-5-12/h1-9,11,18H,10H2. The van der Waals surface area contributed by atoms with Gasteiger partial charge in [-0.05, 0) is 24.3 Å². The first-order chi connectivity index (χ1) is 9.81. The lowest BCUT2D eigenvalue weighted by Gasteiger charge is -2.03. The van der Waals surface area contributed by atoms with Gasteiger partial charge in [0.05, 0.1) is 12.2 Å². The molecule has 0 unspecified atom stereocenters. The molecule has 0 aliphatic heterocycles. The van der Waals surface area contributed by atoms with Crippen molar-refractivity contribution in [1.82, 2.24) is 4.98 Å². The first-order valence-electron chi connectivity index (χ1n) is 6.30. The smallest absolute Gasteiger partial charge is 0.123 e. The number of thiazole rings is 1. The maximum Gasteiger partial charge on any atom is 0.123 e. The molecule has 0 fully saturated rings. The molecule has 0 spiro atoms. The summed E-state index contributed by atoms with van der Waals surface area (Å²) in [6.45, 7) is 0.642. The normalized spacial score (nSPS) is 10.4. The van der Waals surface area contributed by atoms with Crippen LogP contribution in [0.1, 0.15) is 5.01 Å². The van der Waals surface area contributed by atoms with E-state index >= 15 is 0 Å². The van der Waals surface area contributed by atoms with Gasteiger partial charge in [-0.15, -0.1) is 11.3 Å². The van der Waals surface area contributed by atoms with E-state index in [0.29, 0.717) is 6.54 Å². The number of hydrogen-bond donors (Lipinski definition) is 1. The maximum atomic E-state index is 12.8. The fourth-order valence-electron chi connectivity index (χ4n) is 1.88. The Morgan fingerprint density at radius 3 is 2.50 bits per heavy atom. The van der Waals surface area contributed by atoms with Gasteiger partial charge in [-0.25, -0.2) is 9.37 Å². The van der Waals surface area contributed by atoms with Crippen molar-refractivity contribution in [3.05, 3.63) is 70.8 Å². The third-order valence-corrected chi connectivity index (χ3v) is 3.76. The van der Waals surface area contributed by atoms with Crippen LogP contribution in [0.3, 0.4) is 0 Å². The van der Waals surface area contributed by atoms with Crippen molar-refractivity contribution in [3.8, 4) is 11.3 Å². The van der Waals surface area contributed by atoms with Gasteiger partial charge < -0.3 is 5.32 Å². The van der Waals surface area contributed by atoms with Gasteiger partial charge in [0.2, 0.25) is 0 Å². The highest BCUT2D eigenvalue weighted by Crippen LogP contribution is 2.22. The summed E-state index contributed by atoms with van der Waals surface area (Å²) >= 11 is 1.62. The Morgan fingerprint density at radius 2 is 1.75 bits per heavy atom. The summed E-state index contributed by atoms with van der Waals surface area (Å²) in [4.78, 5) is 4.60. The third-order valence-electron chi connectivity index (χ3n) is 2.91. The van der Waals surface area contributed by atoms with E-state index in [9.17, 15) is 4.39 Å². The fourth-order valence-corrected chi connectivity index (χ4v) is 2.62. The summed E-state index contributed by atoms with van der Waals surface area (Å²) in [5.74, 6) is -0.226. The summed E-state index contributed by atoms with van der Waals surface area (Å²) in [5, 5.41) is 6.29. The first-order valence-corrected chi connectivity index (χ1v) is 7.18. The van der Waals surface area contributed by atoms with Gasteiger partial charge in [0.15, 0.2) is 0 Å². The van der Waals surface area contributed by atoms with Crippen LogP contribution in [0.4, 0.5) is 10.1 Å². The molecule has 1 heterocycles. The highest BCUT2D eigenvalue weighted by molar-refractivity contribution is 7.09. The fraction of sp³-hybridized carbons (Fsp3) is 0.0625. The van der Waals surface area contributed by atoms with Crippen LogP contribution in [-0.2, 0) is 6.54 Å². The molecule has 0 radical (unpaired) electrons. The summed E-state index contributed by atoms with van der Waals surface area (Å²) in [6, 6.07) is 16.4. The topological polar surface area (TPSA) is 24.9 Å². The average molecular weight is 284 g/mol. The molecule has 0 saturated carbocycles. The van der Waals surface area contributed by atoms with E-state index < -0.39 is 0 Å². The van der Waals surface area contributed by atoms with Crippen LogP contribution in [0.2, 0.25) is 0 Å². The van der Waals surface area contributed by atoms with Gasteiger partial charge in [-0.3, -0.25) is 0 Å². The predicted molar refractivity (Wildman–Crippen MR) is 81.3 cm³/mol. The molecule has 0 aliphatic rings. The highest BCUT2D eigenvalue weighted by atomic mass is 32.1. The molecular weight excluding hydrogens is 271 g/mol. The molecule has 3 rings (SSSR count). The summed E-state index contributed by atoms with van der Waals surface area (Å²) in [7, 11) is 0. The van der Waals surface area contributed by atoms with Gasteiger partial charge in [0.1, 0.15) is 10.8 Å². The van der Waals surface area contributed by atoms with Crippen LogP contribution in [0, 0.1) is 5.82 Å². The molecule has 0 saturated heterocycles. The van der Waals surface area contributed by atoms with Crippen LogP contribution in [0.5, 0.6) is 0 Å². The maximum absolute atomic E-state index is 12.8. The molecule has 4 heteroatoms. The minimum atomic E-state index is -0.226. The Morgan fingerprint density at radius 1 is 1.00 bits per heavy atom. The van der Waals surface area contributed by atoms with E-state index in [-0.39, 0.29) is 5.82 Å². The van der Waals surface area contributed by atoms with E-state index in [1.807, 2.05) is 30.3 Å². The van der Waals surface area contributed by atoms with Crippen molar-refractivity contribution in [2.75, 3.05) is 5.32 Å². The third kappa shape index (κ3) is 3.03. The molecule has 0 atom stereocenters. The van der Waals surface area contributed by atoms with Gasteiger partial charge in [-0.2, -0.15) is 0 Å². The number of hydrogen-bond acceptors (Lipinski definition) is 3. The second-order valence-electron chi connectivity index (χ2n) is 4.35. The quantitative estimate of drug-likeness (QED) is 0.759. The molecule has 0 amide bonds. The Labute approximate surface area is 120 Å². The number of halogens is 1. The molecule has 0 bridgehead atoms. The molecule has 2 nitrogen and oxygen atoms in total. The summed E-state index contributed by atoms with van der Waals surface area (Å²) in [6.07, 6.45) is 0. The Kier molecular flexibility index (Phi) is 3.74. The molecule has 1 N–H and O–H groups in total.